The van der Waals surface area contributed by atoms with Crippen LogP contribution in [0.15, 0.2) is 18.3 Å². The number of aldehydes is 1. The molecule has 0 bridgehead atoms. The van der Waals surface area contributed by atoms with Gasteiger partial charge in [0.1, 0.15) is 0 Å². The monoisotopic (exact) mass is 179 g/mol. The lowest BCUT2D eigenvalue weighted by atomic mass is 10.0. The topological polar surface area (TPSA) is 22.0 Å². The van der Waals surface area contributed by atoms with Gasteiger partial charge >= 0.3 is 0 Å². The molecule has 0 fully saturated rings. The van der Waals surface area contributed by atoms with Crippen LogP contribution in [0.5, 0.6) is 0 Å². The third kappa shape index (κ3) is 2.00. The van der Waals surface area contributed by atoms with Gasteiger partial charge in [0.2, 0.25) is 0 Å². The van der Waals surface area contributed by atoms with Gasteiger partial charge in [0, 0.05) is 12.2 Å². The fourth-order valence-electron chi connectivity index (χ4n) is 1.80. The van der Waals surface area contributed by atoms with Crippen molar-refractivity contribution in [2.45, 2.75) is 33.2 Å². The maximum atomic E-state index is 10.7. The first-order valence-electron chi connectivity index (χ1n) is 4.82. The van der Waals surface area contributed by atoms with Crippen molar-refractivity contribution >= 4 is 6.29 Å². The molecule has 0 aromatic carbocycles. The minimum Gasteiger partial charge on any atom is -0.342 e. The van der Waals surface area contributed by atoms with Gasteiger partial charge in [-0.1, -0.05) is 20.8 Å². The molecule has 72 valence electrons. The SMILES string of the molecule is CCC(C(C)C)n1cccc1C=O. The van der Waals surface area contributed by atoms with Gasteiger partial charge < -0.3 is 4.57 Å². The summed E-state index contributed by atoms with van der Waals surface area (Å²) < 4.78 is 2.07. The van der Waals surface area contributed by atoms with E-state index in [2.05, 4.69) is 25.3 Å². The van der Waals surface area contributed by atoms with Gasteiger partial charge in [0.05, 0.1) is 5.69 Å². The average Bonchev–Trinajstić information content (AvgIpc) is 2.53. The summed E-state index contributed by atoms with van der Waals surface area (Å²) in [5.41, 5.74) is 0.778. The molecular formula is C11H17NO. The normalized spacial score (nSPS) is 13.2. The molecule has 0 aliphatic heterocycles. The van der Waals surface area contributed by atoms with Crippen molar-refractivity contribution in [1.82, 2.24) is 4.57 Å². The zero-order chi connectivity index (χ0) is 9.84. The van der Waals surface area contributed by atoms with E-state index in [0.29, 0.717) is 12.0 Å². The highest BCUT2D eigenvalue weighted by atomic mass is 16.1. The lowest BCUT2D eigenvalue weighted by molar-refractivity contribution is 0.111. The van der Waals surface area contributed by atoms with Crippen LogP contribution in [0.4, 0.5) is 0 Å². The molecule has 0 aliphatic carbocycles. The largest absolute Gasteiger partial charge is 0.342 e. The highest BCUT2D eigenvalue weighted by Crippen LogP contribution is 2.22. The Kier molecular flexibility index (Phi) is 3.29. The van der Waals surface area contributed by atoms with Crippen molar-refractivity contribution in [3.63, 3.8) is 0 Å². The predicted octanol–water partition coefficient (Wildman–Crippen LogP) is 2.91. The minimum atomic E-state index is 0.440. The number of nitrogens with zero attached hydrogens (tertiary/aromatic N) is 1. The summed E-state index contributed by atoms with van der Waals surface area (Å²) in [6, 6.07) is 4.22. The van der Waals surface area contributed by atoms with Crippen molar-refractivity contribution in [2.75, 3.05) is 0 Å². The lowest BCUT2D eigenvalue weighted by Gasteiger charge is -2.22. The Bertz CT molecular complexity index is 275. The molecule has 0 amide bonds. The Labute approximate surface area is 79.6 Å². The van der Waals surface area contributed by atoms with E-state index in [9.17, 15) is 4.79 Å². The zero-order valence-electron chi connectivity index (χ0n) is 8.53. The molecule has 1 heterocycles. The standard InChI is InChI=1S/C11H17NO/c1-4-11(9(2)3)12-7-5-6-10(12)8-13/h5-9,11H,4H2,1-3H3. The Morgan fingerprint density at radius 2 is 2.23 bits per heavy atom. The van der Waals surface area contributed by atoms with Crippen molar-refractivity contribution < 1.29 is 4.79 Å². The van der Waals surface area contributed by atoms with Crippen LogP contribution in [0, 0.1) is 5.92 Å². The lowest BCUT2D eigenvalue weighted by Crippen LogP contribution is -2.15. The van der Waals surface area contributed by atoms with E-state index in [1.165, 1.54) is 0 Å². The molecule has 0 saturated carbocycles. The maximum absolute atomic E-state index is 10.7. The molecule has 1 aromatic heterocycles. The highest BCUT2D eigenvalue weighted by molar-refractivity contribution is 5.72. The Morgan fingerprint density at radius 3 is 2.69 bits per heavy atom. The van der Waals surface area contributed by atoms with E-state index in [1.54, 1.807) is 0 Å². The predicted molar refractivity (Wildman–Crippen MR) is 54.0 cm³/mol. The summed E-state index contributed by atoms with van der Waals surface area (Å²) in [6.45, 7) is 6.52. The molecule has 1 atom stereocenters. The van der Waals surface area contributed by atoms with Crippen molar-refractivity contribution in [3.05, 3.63) is 24.0 Å². The molecule has 0 N–H and O–H groups in total. The first-order chi connectivity index (χ1) is 6.20. The summed E-state index contributed by atoms with van der Waals surface area (Å²) in [7, 11) is 0. The second-order valence-corrected chi connectivity index (χ2v) is 3.68. The number of hydrogen-bond acceptors (Lipinski definition) is 1. The Balaban J connectivity index is 2.96. The van der Waals surface area contributed by atoms with Crippen LogP contribution in [0.3, 0.4) is 0 Å². The molecule has 1 aromatic rings. The van der Waals surface area contributed by atoms with Gasteiger partial charge in [-0.05, 0) is 24.5 Å². The number of rotatable bonds is 4. The van der Waals surface area contributed by atoms with E-state index >= 15 is 0 Å². The van der Waals surface area contributed by atoms with Crippen LogP contribution in [0.25, 0.3) is 0 Å². The zero-order valence-corrected chi connectivity index (χ0v) is 8.53. The van der Waals surface area contributed by atoms with Crippen molar-refractivity contribution in [3.8, 4) is 0 Å². The number of carbonyl (C=O) groups is 1. The second kappa shape index (κ2) is 4.26. The molecule has 2 nitrogen and oxygen atoms in total. The molecule has 2 heteroatoms. The van der Waals surface area contributed by atoms with Gasteiger partial charge in [-0.25, -0.2) is 0 Å². The summed E-state index contributed by atoms with van der Waals surface area (Å²) >= 11 is 0. The van der Waals surface area contributed by atoms with E-state index in [1.807, 2.05) is 18.3 Å². The molecular weight excluding hydrogens is 162 g/mol. The van der Waals surface area contributed by atoms with Crippen LogP contribution >= 0.6 is 0 Å². The fourth-order valence-corrected chi connectivity index (χ4v) is 1.80. The molecule has 0 spiro atoms. The van der Waals surface area contributed by atoms with E-state index in [-0.39, 0.29) is 0 Å². The first kappa shape index (κ1) is 10.0. The molecule has 0 aliphatic rings. The van der Waals surface area contributed by atoms with Crippen LogP contribution in [-0.2, 0) is 0 Å². The maximum Gasteiger partial charge on any atom is 0.166 e. The van der Waals surface area contributed by atoms with Crippen LogP contribution < -0.4 is 0 Å². The van der Waals surface area contributed by atoms with Gasteiger partial charge in [-0.15, -0.1) is 0 Å². The third-order valence-electron chi connectivity index (χ3n) is 2.48. The van der Waals surface area contributed by atoms with Gasteiger partial charge in [-0.2, -0.15) is 0 Å². The van der Waals surface area contributed by atoms with Crippen LogP contribution in [-0.4, -0.2) is 10.9 Å². The molecule has 13 heavy (non-hydrogen) atoms. The second-order valence-electron chi connectivity index (χ2n) is 3.68. The highest BCUT2D eigenvalue weighted by Gasteiger charge is 2.14. The Hall–Kier alpha value is -1.05. The Morgan fingerprint density at radius 1 is 1.54 bits per heavy atom. The molecule has 0 saturated heterocycles. The van der Waals surface area contributed by atoms with E-state index in [4.69, 9.17) is 0 Å². The number of hydrogen-bond donors (Lipinski definition) is 0. The van der Waals surface area contributed by atoms with Crippen molar-refractivity contribution in [1.29, 1.82) is 0 Å². The third-order valence-corrected chi connectivity index (χ3v) is 2.48. The summed E-state index contributed by atoms with van der Waals surface area (Å²) in [4.78, 5) is 10.7. The van der Waals surface area contributed by atoms with Crippen molar-refractivity contribution in [2.24, 2.45) is 5.92 Å². The first-order valence-corrected chi connectivity index (χ1v) is 4.82. The average molecular weight is 179 g/mol. The van der Waals surface area contributed by atoms with Crippen LogP contribution in [0.2, 0.25) is 0 Å². The summed E-state index contributed by atoms with van der Waals surface area (Å²) in [5.74, 6) is 0.566. The van der Waals surface area contributed by atoms with Gasteiger partial charge in [0.25, 0.3) is 0 Å². The van der Waals surface area contributed by atoms with Gasteiger partial charge in [0.15, 0.2) is 6.29 Å². The summed E-state index contributed by atoms with van der Waals surface area (Å²) in [5, 5.41) is 0. The van der Waals surface area contributed by atoms with Crippen LogP contribution in [0.1, 0.15) is 43.7 Å². The van der Waals surface area contributed by atoms with E-state index in [0.717, 1.165) is 18.4 Å². The number of aromatic nitrogens is 1. The smallest absolute Gasteiger partial charge is 0.166 e. The number of carbonyl (C=O) groups excluding carboxylic acids is 1. The summed E-state index contributed by atoms with van der Waals surface area (Å²) in [6.07, 6.45) is 3.97. The van der Waals surface area contributed by atoms with Gasteiger partial charge in [-0.3, -0.25) is 4.79 Å². The minimum absolute atomic E-state index is 0.440. The fraction of sp³-hybridized carbons (Fsp3) is 0.545. The molecule has 1 unspecified atom stereocenters. The molecule has 1 rings (SSSR count). The van der Waals surface area contributed by atoms with E-state index < -0.39 is 0 Å². The molecule has 0 radical (unpaired) electrons. The quantitative estimate of drug-likeness (QED) is 0.651.